The molecule has 1 aliphatic rings. The SMILES string of the molecule is O=C(Nc1ccc(S(=O)(=O)Nc2nccs2)cc1)c1cccnc1O[C@H]1CCOC1. The second-order valence-electron chi connectivity index (χ2n) is 6.38. The van der Waals surface area contributed by atoms with Gasteiger partial charge in [-0.1, -0.05) is 0 Å². The second-order valence-corrected chi connectivity index (χ2v) is 8.96. The molecule has 156 valence electrons. The molecule has 1 amide bonds. The van der Waals surface area contributed by atoms with Crippen molar-refractivity contribution in [1.82, 2.24) is 9.97 Å². The summed E-state index contributed by atoms with van der Waals surface area (Å²) in [5, 5.41) is 4.69. The molecular formula is C19H18N4O5S2. The van der Waals surface area contributed by atoms with Crippen LogP contribution < -0.4 is 14.8 Å². The number of sulfonamides is 1. The third-order valence-electron chi connectivity index (χ3n) is 4.26. The van der Waals surface area contributed by atoms with E-state index in [0.29, 0.717) is 18.9 Å². The summed E-state index contributed by atoms with van der Waals surface area (Å²) >= 11 is 1.18. The maximum Gasteiger partial charge on any atom is 0.263 e. The van der Waals surface area contributed by atoms with Gasteiger partial charge in [0, 0.05) is 29.9 Å². The molecule has 9 nitrogen and oxygen atoms in total. The molecule has 1 aromatic carbocycles. The van der Waals surface area contributed by atoms with Crippen molar-refractivity contribution >= 4 is 38.1 Å². The molecule has 1 saturated heterocycles. The molecule has 3 aromatic rings. The number of nitrogens with zero attached hydrogens (tertiary/aromatic N) is 2. The van der Waals surface area contributed by atoms with Gasteiger partial charge >= 0.3 is 0 Å². The summed E-state index contributed by atoms with van der Waals surface area (Å²) in [7, 11) is -3.76. The van der Waals surface area contributed by atoms with Crippen molar-refractivity contribution in [2.45, 2.75) is 17.4 Å². The molecule has 0 bridgehead atoms. The number of amides is 1. The molecule has 2 aromatic heterocycles. The van der Waals surface area contributed by atoms with E-state index in [2.05, 4.69) is 20.0 Å². The Hall–Kier alpha value is -3.02. The number of hydrogen-bond donors (Lipinski definition) is 2. The summed E-state index contributed by atoms with van der Waals surface area (Å²) < 4.78 is 38.3. The first-order chi connectivity index (χ1) is 14.5. The lowest BCUT2D eigenvalue weighted by Crippen LogP contribution is -2.20. The fraction of sp³-hybridized carbons (Fsp3) is 0.211. The third-order valence-corrected chi connectivity index (χ3v) is 6.43. The second kappa shape index (κ2) is 8.78. The molecule has 0 aliphatic carbocycles. The van der Waals surface area contributed by atoms with Crippen LogP contribution in [0, 0.1) is 0 Å². The zero-order valence-electron chi connectivity index (χ0n) is 15.6. The van der Waals surface area contributed by atoms with Crippen LogP contribution in [0.2, 0.25) is 0 Å². The highest BCUT2D eigenvalue weighted by atomic mass is 32.2. The molecule has 0 unspecified atom stereocenters. The minimum atomic E-state index is -3.76. The molecule has 1 aliphatic heterocycles. The van der Waals surface area contributed by atoms with Gasteiger partial charge in [-0.3, -0.25) is 9.52 Å². The van der Waals surface area contributed by atoms with E-state index in [1.54, 1.807) is 23.7 Å². The van der Waals surface area contributed by atoms with Crippen molar-refractivity contribution in [3.05, 3.63) is 59.7 Å². The lowest BCUT2D eigenvalue weighted by Gasteiger charge is -2.14. The summed E-state index contributed by atoms with van der Waals surface area (Å²) in [6, 6.07) is 9.09. The van der Waals surface area contributed by atoms with Crippen LogP contribution in [-0.2, 0) is 14.8 Å². The van der Waals surface area contributed by atoms with Crippen LogP contribution in [-0.4, -0.2) is 43.6 Å². The summed E-state index contributed by atoms with van der Waals surface area (Å²) in [5.74, 6) is -0.175. The van der Waals surface area contributed by atoms with Crippen molar-refractivity contribution < 1.29 is 22.7 Å². The lowest BCUT2D eigenvalue weighted by molar-refractivity contribution is 0.101. The van der Waals surface area contributed by atoms with Crippen LogP contribution in [0.25, 0.3) is 0 Å². The molecular weight excluding hydrogens is 428 g/mol. The highest BCUT2D eigenvalue weighted by Crippen LogP contribution is 2.22. The molecule has 0 radical (unpaired) electrons. The van der Waals surface area contributed by atoms with E-state index in [1.165, 1.54) is 41.8 Å². The highest BCUT2D eigenvalue weighted by Gasteiger charge is 2.22. The quantitative estimate of drug-likeness (QED) is 0.573. The number of thiazole rings is 1. The number of hydrogen-bond acceptors (Lipinski definition) is 8. The van der Waals surface area contributed by atoms with Gasteiger partial charge in [0.05, 0.1) is 18.1 Å². The Bertz CT molecular complexity index is 1110. The predicted octanol–water partition coefficient (Wildman–Crippen LogP) is 2.76. The first kappa shape index (κ1) is 20.3. The monoisotopic (exact) mass is 446 g/mol. The Morgan fingerprint density at radius 2 is 2.00 bits per heavy atom. The van der Waals surface area contributed by atoms with Crippen LogP contribution in [0.5, 0.6) is 5.88 Å². The first-order valence-corrected chi connectivity index (χ1v) is 11.4. The fourth-order valence-electron chi connectivity index (χ4n) is 2.78. The van der Waals surface area contributed by atoms with E-state index in [9.17, 15) is 13.2 Å². The van der Waals surface area contributed by atoms with Gasteiger partial charge in [-0.05, 0) is 36.4 Å². The van der Waals surface area contributed by atoms with Crippen LogP contribution in [0.1, 0.15) is 16.8 Å². The number of nitrogens with one attached hydrogen (secondary N) is 2. The van der Waals surface area contributed by atoms with Crippen LogP contribution >= 0.6 is 11.3 Å². The third kappa shape index (κ3) is 4.75. The van der Waals surface area contributed by atoms with Crippen LogP contribution in [0.3, 0.4) is 0 Å². The van der Waals surface area contributed by atoms with Gasteiger partial charge in [-0.15, -0.1) is 11.3 Å². The van der Waals surface area contributed by atoms with E-state index < -0.39 is 15.9 Å². The van der Waals surface area contributed by atoms with E-state index in [0.717, 1.165) is 6.42 Å². The van der Waals surface area contributed by atoms with Gasteiger partial charge in [-0.25, -0.2) is 18.4 Å². The van der Waals surface area contributed by atoms with E-state index in [-0.39, 0.29) is 27.6 Å². The number of anilines is 2. The molecule has 0 saturated carbocycles. The standard InChI is InChI=1S/C19H18N4O5S2/c24-17(16-2-1-8-20-18(16)28-14-7-10-27-12-14)22-13-3-5-15(6-4-13)30(25,26)23-19-21-9-11-29-19/h1-6,8-9,11,14H,7,10,12H2,(H,21,23)(H,22,24)/t14-/m0/s1. The number of benzene rings is 1. The largest absolute Gasteiger partial charge is 0.471 e. The zero-order chi connectivity index (χ0) is 21.0. The summed E-state index contributed by atoms with van der Waals surface area (Å²) in [6.07, 6.45) is 3.66. The number of ether oxygens (including phenoxy) is 2. The molecule has 11 heteroatoms. The van der Waals surface area contributed by atoms with Gasteiger partial charge in [-0.2, -0.15) is 0 Å². The minimum Gasteiger partial charge on any atom is -0.471 e. The van der Waals surface area contributed by atoms with E-state index in [4.69, 9.17) is 9.47 Å². The predicted molar refractivity (Wildman–Crippen MR) is 111 cm³/mol. The summed E-state index contributed by atoms with van der Waals surface area (Å²) in [6.45, 7) is 1.08. The molecule has 2 N–H and O–H groups in total. The lowest BCUT2D eigenvalue weighted by atomic mass is 10.2. The van der Waals surface area contributed by atoms with Gasteiger partial charge in [0.15, 0.2) is 5.13 Å². The van der Waals surface area contributed by atoms with Gasteiger partial charge in [0.2, 0.25) is 5.88 Å². The Labute approximate surface area is 177 Å². The molecule has 0 spiro atoms. The maximum atomic E-state index is 12.7. The topological polar surface area (TPSA) is 120 Å². The number of pyridine rings is 1. The average Bonchev–Trinajstić information content (AvgIpc) is 3.43. The van der Waals surface area contributed by atoms with Crippen LogP contribution in [0.15, 0.2) is 59.1 Å². The van der Waals surface area contributed by atoms with Gasteiger partial charge in [0.25, 0.3) is 15.9 Å². The van der Waals surface area contributed by atoms with Gasteiger partial charge in [0.1, 0.15) is 11.7 Å². The van der Waals surface area contributed by atoms with E-state index >= 15 is 0 Å². The Balaban J connectivity index is 1.45. The van der Waals surface area contributed by atoms with Crippen LogP contribution in [0.4, 0.5) is 10.8 Å². The summed E-state index contributed by atoms with van der Waals surface area (Å²) in [5.41, 5.74) is 0.721. The molecule has 3 heterocycles. The Morgan fingerprint density at radius 1 is 1.17 bits per heavy atom. The van der Waals surface area contributed by atoms with Crippen molar-refractivity contribution in [2.24, 2.45) is 0 Å². The number of carbonyl (C=O) groups excluding carboxylic acids is 1. The minimum absolute atomic E-state index is 0.0577. The van der Waals surface area contributed by atoms with E-state index in [1.807, 2.05) is 0 Å². The fourth-order valence-corrected chi connectivity index (χ4v) is 4.57. The van der Waals surface area contributed by atoms with Crippen molar-refractivity contribution in [3.63, 3.8) is 0 Å². The molecule has 4 rings (SSSR count). The summed E-state index contributed by atoms with van der Waals surface area (Å²) in [4.78, 5) is 20.8. The van der Waals surface area contributed by atoms with Crippen molar-refractivity contribution in [3.8, 4) is 5.88 Å². The molecule has 1 atom stereocenters. The number of rotatable bonds is 7. The number of aromatic nitrogens is 2. The van der Waals surface area contributed by atoms with Crippen molar-refractivity contribution in [2.75, 3.05) is 23.3 Å². The average molecular weight is 447 g/mol. The smallest absolute Gasteiger partial charge is 0.263 e. The Morgan fingerprint density at radius 3 is 2.70 bits per heavy atom. The van der Waals surface area contributed by atoms with Crippen molar-refractivity contribution in [1.29, 1.82) is 0 Å². The normalized spacial score (nSPS) is 16.2. The van der Waals surface area contributed by atoms with Gasteiger partial charge < -0.3 is 14.8 Å². The Kier molecular flexibility index (Phi) is 5.93. The highest BCUT2D eigenvalue weighted by molar-refractivity contribution is 7.93. The number of carbonyl (C=O) groups is 1. The molecule has 1 fully saturated rings. The maximum absolute atomic E-state index is 12.7. The molecule has 30 heavy (non-hydrogen) atoms. The zero-order valence-corrected chi connectivity index (χ0v) is 17.3. The first-order valence-electron chi connectivity index (χ1n) is 9.04.